The highest BCUT2D eigenvalue weighted by atomic mass is 16.4. The molecule has 0 fully saturated rings. The molecule has 0 saturated heterocycles. The standard InChI is InChI=1S/C18H22O2/c1-2-3-4-5-14-6-8-15(9-7-14)16-10-12-17(13-11-16)18(19)20/h6-8,10-13,15H,2-5,9H2,1H3,(H,19,20). The van der Waals surface area contributed by atoms with Crippen LogP contribution in [0.2, 0.25) is 0 Å². The third-order valence-electron chi connectivity index (χ3n) is 3.83. The van der Waals surface area contributed by atoms with Crippen molar-refractivity contribution in [3.05, 3.63) is 59.2 Å². The molecule has 1 N–H and O–H groups in total. The summed E-state index contributed by atoms with van der Waals surface area (Å²) in [4.78, 5) is 10.8. The van der Waals surface area contributed by atoms with Gasteiger partial charge in [-0.3, -0.25) is 0 Å². The minimum atomic E-state index is -0.867. The van der Waals surface area contributed by atoms with Crippen LogP contribution in [0.15, 0.2) is 48.1 Å². The summed E-state index contributed by atoms with van der Waals surface area (Å²) in [5.74, 6) is -0.485. The van der Waals surface area contributed by atoms with Crippen molar-refractivity contribution in [1.29, 1.82) is 0 Å². The molecule has 0 radical (unpaired) electrons. The second-order valence-corrected chi connectivity index (χ2v) is 5.36. The number of carboxylic acid groups (broad SMARTS) is 1. The quantitative estimate of drug-likeness (QED) is 0.744. The molecule has 20 heavy (non-hydrogen) atoms. The molecule has 0 heterocycles. The van der Waals surface area contributed by atoms with Crippen molar-refractivity contribution in [2.45, 2.75) is 44.9 Å². The highest BCUT2D eigenvalue weighted by Gasteiger charge is 2.12. The SMILES string of the molecule is CCCCCC1=CCC(c2ccc(C(=O)O)cc2)C=C1. The van der Waals surface area contributed by atoms with Gasteiger partial charge in [0, 0.05) is 5.92 Å². The fraction of sp³-hybridized carbons (Fsp3) is 0.389. The maximum absolute atomic E-state index is 10.8. The van der Waals surface area contributed by atoms with Crippen molar-refractivity contribution < 1.29 is 9.90 Å². The summed E-state index contributed by atoms with van der Waals surface area (Å²) >= 11 is 0. The zero-order valence-electron chi connectivity index (χ0n) is 12.0. The Hall–Kier alpha value is -1.83. The van der Waals surface area contributed by atoms with Crippen LogP contribution in [0, 0.1) is 0 Å². The van der Waals surface area contributed by atoms with Crippen LogP contribution in [0.3, 0.4) is 0 Å². The van der Waals surface area contributed by atoms with E-state index in [0.29, 0.717) is 11.5 Å². The highest BCUT2D eigenvalue weighted by Crippen LogP contribution is 2.28. The van der Waals surface area contributed by atoms with Crippen molar-refractivity contribution >= 4 is 5.97 Å². The molecular weight excluding hydrogens is 248 g/mol. The number of benzene rings is 1. The zero-order chi connectivity index (χ0) is 14.4. The highest BCUT2D eigenvalue weighted by molar-refractivity contribution is 5.87. The van der Waals surface area contributed by atoms with Crippen molar-refractivity contribution in [1.82, 2.24) is 0 Å². The van der Waals surface area contributed by atoms with Gasteiger partial charge in [0.2, 0.25) is 0 Å². The van der Waals surface area contributed by atoms with Gasteiger partial charge in [-0.1, -0.05) is 55.7 Å². The number of aromatic carboxylic acids is 1. The van der Waals surface area contributed by atoms with Crippen molar-refractivity contribution in [3.8, 4) is 0 Å². The van der Waals surface area contributed by atoms with Gasteiger partial charge < -0.3 is 5.11 Å². The molecule has 1 aliphatic carbocycles. The second kappa shape index (κ2) is 7.09. The fourth-order valence-corrected chi connectivity index (χ4v) is 2.55. The lowest BCUT2D eigenvalue weighted by molar-refractivity contribution is 0.0697. The normalized spacial score (nSPS) is 17.9. The predicted molar refractivity (Wildman–Crippen MR) is 82.1 cm³/mol. The molecular formula is C18H22O2. The summed E-state index contributed by atoms with van der Waals surface area (Å²) in [6.45, 7) is 2.22. The van der Waals surface area contributed by atoms with Gasteiger partial charge in [0.25, 0.3) is 0 Å². The van der Waals surface area contributed by atoms with Gasteiger partial charge in [-0.25, -0.2) is 4.79 Å². The van der Waals surface area contributed by atoms with E-state index >= 15 is 0 Å². The Morgan fingerprint density at radius 2 is 2.00 bits per heavy atom. The van der Waals surface area contributed by atoms with Crippen molar-refractivity contribution in [2.24, 2.45) is 0 Å². The first-order valence-electron chi connectivity index (χ1n) is 7.41. The summed E-state index contributed by atoms with van der Waals surface area (Å²) in [5, 5.41) is 8.90. The van der Waals surface area contributed by atoms with Gasteiger partial charge in [0.15, 0.2) is 0 Å². The maximum Gasteiger partial charge on any atom is 0.335 e. The van der Waals surface area contributed by atoms with Crippen LogP contribution in [0.4, 0.5) is 0 Å². The fourth-order valence-electron chi connectivity index (χ4n) is 2.55. The molecule has 106 valence electrons. The molecule has 0 aliphatic heterocycles. The first kappa shape index (κ1) is 14.6. The Labute approximate surface area is 120 Å². The summed E-state index contributed by atoms with van der Waals surface area (Å²) in [6, 6.07) is 7.22. The van der Waals surface area contributed by atoms with Crippen LogP contribution in [0.25, 0.3) is 0 Å². The largest absolute Gasteiger partial charge is 0.478 e. The molecule has 2 nitrogen and oxygen atoms in total. The monoisotopic (exact) mass is 270 g/mol. The number of hydrogen-bond donors (Lipinski definition) is 1. The number of hydrogen-bond acceptors (Lipinski definition) is 1. The van der Waals surface area contributed by atoms with Gasteiger partial charge in [0.1, 0.15) is 0 Å². The van der Waals surface area contributed by atoms with E-state index in [9.17, 15) is 4.79 Å². The van der Waals surface area contributed by atoms with Gasteiger partial charge in [-0.2, -0.15) is 0 Å². The Kier molecular flexibility index (Phi) is 5.16. The van der Waals surface area contributed by atoms with Crippen LogP contribution in [0.5, 0.6) is 0 Å². The molecule has 0 amide bonds. The number of carboxylic acids is 1. The van der Waals surface area contributed by atoms with Gasteiger partial charge >= 0.3 is 5.97 Å². The lowest BCUT2D eigenvalue weighted by atomic mass is 9.88. The van der Waals surface area contributed by atoms with E-state index in [-0.39, 0.29) is 0 Å². The number of allylic oxidation sites excluding steroid dienone is 4. The topological polar surface area (TPSA) is 37.3 Å². The lowest BCUT2D eigenvalue weighted by Crippen LogP contribution is -2.01. The molecule has 0 spiro atoms. The number of carbonyl (C=O) groups is 1. The Morgan fingerprint density at radius 1 is 1.25 bits per heavy atom. The van der Waals surface area contributed by atoms with E-state index in [4.69, 9.17) is 5.11 Å². The van der Waals surface area contributed by atoms with Crippen LogP contribution in [-0.4, -0.2) is 11.1 Å². The van der Waals surface area contributed by atoms with E-state index in [1.54, 1.807) is 12.1 Å². The van der Waals surface area contributed by atoms with Crippen LogP contribution < -0.4 is 0 Å². The summed E-state index contributed by atoms with van der Waals surface area (Å²) in [5.41, 5.74) is 2.98. The van der Waals surface area contributed by atoms with Crippen molar-refractivity contribution in [2.75, 3.05) is 0 Å². The second-order valence-electron chi connectivity index (χ2n) is 5.36. The molecule has 0 bridgehead atoms. The van der Waals surface area contributed by atoms with Crippen LogP contribution in [-0.2, 0) is 0 Å². The number of unbranched alkanes of at least 4 members (excludes halogenated alkanes) is 2. The molecule has 1 aromatic carbocycles. The van der Waals surface area contributed by atoms with E-state index in [1.165, 1.54) is 36.8 Å². The Morgan fingerprint density at radius 3 is 2.55 bits per heavy atom. The molecule has 1 aromatic rings. The zero-order valence-corrected chi connectivity index (χ0v) is 12.0. The first-order valence-corrected chi connectivity index (χ1v) is 7.41. The van der Waals surface area contributed by atoms with Gasteiger partial charge in [-0.15, -0.1) is 0 Å². The molecule has 1 aliphatic rings. The first-order chi connectivity index (χ1) is 9.70. The molecule has 2 rings (SSSR count). The van der Waals surface area contributed by atoms with Crippen LogP contribution in [0.1, 0.15) is 60.9 Å². The average Bonchev–Trinajstić information content (AvgIpc) is 2.48. The molecule has 0 saturated carbocycles. The summed E-state index contributed by atoms with van der Waals surface area (Å²) in [7, 11) is 0. The molecule has 1 unspecified atom stereocenters. The molecule has 1 atom stereocenters. The van der Waals surface area contributed by atoms with E-state index in [0.717, 1.165) is 6.42 Å². The van der Waals surface area contributed by atoms with Gasteiger partial charge in [-0.05, 0) is 37.0 Å². The maximum atomic E-state index is 10.8. The van der Waals surface area contributed by atoms with Crippen molar-refractivity contribution in [3.63, 3.8) is 0 Å². The summed E-state index contributed by atoms with van der Waals surface area (Å²) < 4.78 is 0. The number of rotatable bonds is 6. The minimum absolute atomic E-state index is 0.351. The Balaban J connectivity index is 1.93. The third-order valence-corrected chi connectivity index (χ3v) is 3.83. The third kappa shape index (κ3) is 3.83. The van der Waals surface area contributed by atoms with E-state index in [2.05, 4.69) is 25.2 Å². The lowest BCUT2D eigenvalue weighted by Gasteiger charge is -2.17. The van der Waals surface area contributed by atoms with Gasteiger partial charge in [0.05, 0.1) is 5.56 Å². The summed E-state index contributed by atoms with van der Waals surface area (Å²) in [6.07, 6.45) is 12.8. The molecule has 0 aromatic heterocycles. The minimum Gasteiger partial charge on any atom is -0.478 e. The van der Waals surface area contributed by atoms with E-state index in [1.807, 2.05) is 12.1 Å². The molecule has 2 heteroatoms. The predicted octanol–water partition coefficient (Wildman–Crippen LogP) is 4.94. The smallest absolute Gasteiger partial charge is 0.335 e. The van der Waals surface area contributed by atoms with Crippen LogP contribution >= 0.6 is 0 Å². The Bertz CT molecular complexity index is 509. The average molecular weight is 270 g/mol. The van der Waals surface area contributed by atoms with E-state index < -0.39 is 5.97 Å².